The zero-order valence-corrected chi connectivity index (χ0v) is 20.1. The van der Waals surface area contributed by atoms with Crippen LogP contribution in [0.4, 0.5) is 0 Å². The average Bonchev–Trinajstić information content (AvgIpc) is 3.03. The van der Waals surface area contributed by atoms with Crippen LogP contribution >= 0.6 is 0 Å². The van der Waals surface area contributed by atoms with E-state index >= 15 is 0 Å². The van der Waals surface area contributed by atoms with Crippen molar-refractivity contribution < 1.29 is 4.79 Å². The fourth-order valence-corrected chi connectivity index (χ4v) is 8.59. The van der Waals surface area contributed by atoms with Crippen LogP contribution in [0.5, 0.6) is 0 Å². The summed E-state index contributed by atoms with van der Waals surface area (Å²) in [5.74, 6) is 6.57. The number of carbonyl (C=O) groups excluding carboxylic acids is 1. The number of fused-ring (bicyclic) bond motifs is 5. The van der Waals surface area contributed by atoms with E-state index in [1.165, 1.54) is 56.9 Å². The second-order valence-corrected chi connectivity index (χ2v) is 12.5. The Labute approximate surface area is 180 Å². The summed E-state index contributed by atoms with van der Waals surface area (Å²) >= 11 is 0. The van der Waals surface area contributed by atoms with Crippen molar-refractivity contribution in [2.45, 2.75) is 106 Å². The van der Waals surface area contributed by atoms with E-state index in [9.17, 15) is 4.79 Å². The van der Waals surface area contributed by atoms with Crippen LogP contribution in [0.2, 0.25) is 0 Å². The van der Waals surface area contributed by atoms with Crippen molar-refractivity contribution in [3.05, 3.63) is 11.6 Å². The van der Waals surface area contributed by atoms with Gasteiger partial charge in [0, 0.05) is 6.42 Å². The number of allylic oxidation sites excluding steroid dienone is 1. The largest absolute Gasteiger partial charge is 0.295 e. The molecule has 0 spiro atoms. The molecule has 1 heteroatoms. The summed E-state index contributed by atoms with van der Waals surface area (Å²) in [5, 5.41) is 0. The highest BCUT2D eigenvalue weighted by Crippen LogP contribution is 2.67. The van der Waals surface area contributed by atoms with Crippen LogP contribution in [-0.2, 0) is 4.79 Å². The molecule has 4 aliphatic carbocycles. The summed E-state index contributed by atoms with van der Waals surface area (Å²) in [4.78, 5) is 12.0. The smallest absolute Gasteiger partial charge is 0.155 e. The summed E-state index contributed by atoms with van der Waals surface area (Å²) in [6.45, 7) is 15.0. The lowest BCUT2D eigenvalue weighted by atomic mass is 9.46. The molecule has 0 N–H and O–H groups in total. The van der Waals surface area contributed by atoms with Crippen LogP contribution in [0.3, 0.4) is 0 Å². The van der Waals surface area contributed by atoms with Crippen LogP contribution in [0.25, 0.3) is 0 Å². The average molecular weight is 399 g/mol. The van der Waals surface area contributed by atoms with Crippen molar-refractivity contribution in [2.75, 3.05) is 0 Å². The summed E-state index contributed by atoms with van der Waals surface area (Å²) in [7, 11) is 0. The molecule has 5 unspecified atom stereocenters. The SMILES string of the molecule is CC(C)C(C)CC[C@H](C)C1CCC2C3CCC4=CC(=O)CC[C@]4(C)C3CC[C@@]21C. The molecule has 0 radical (unpaired) electrons. The number of ketones is 1. The van der Waals surface area contributed by atoms with E-state index in [1.807, 2.05) is 0 Å². The molecule has 0 aromatic heterocycles. The standard InChI is InChI=1S/C28H46O/c1-18(2)19(3)7-8-20(4)24-11-12-25-23-10-9-21-17-22(29)13-15-27(21,5)26(23)14-16-28(24,25)6/h17-20,23-26H,7-16H2,1-6H3/t19?,20-,23?,24?,25?,26?,27-,28+/m0/s1. The minimum Gasteiger partial charge on any atom is -0.295 e. The molecular weight excluding hydrogens is 352 g/mol. The first-order valence-electron chi connectivity index (χ1n) is 12.9. The van der Waals surface area contributed by atoms with Crippen LogP contribution in [-0.4, -0.2) is 5.78 Å². The van der Waals surface area contributed by atoms with Gasteiger partial charge in [0.15, 0.2) is 5.78 Å². The van der Waals surface area contributed by atoms with E-state index < -0.39 is 0 Å². The highest BCUT2D eigenvalue weighted by Gasteiger charge is 2.59. The number of hydrogen-bond donors (Lipinski definition) is 0. The van der Waals surface area contributed by atoms with E-state index in [1.54, 1.807) is 0 Å². The van der Waals surface area contributed by atoms with Gasteiger partial charge in [0.05, 0.1) is 0 Å². The molecule has 0 bridgehead atoms. The van der Waals surface area contributed by atoms with E-state index in [0.29, 0.717) is 16.6 Å². The van der Waals surface area contributed by atoms with Crippen molar-refractivity contribution in [3.63, 3.8) is 0 Å². The van der Waals surface area contributed by atoms with E-state index in [-0.39, 0.29) is 0 Å². The Bertz CT molecular complexity index is 659. The number of rotatable bonds is 5. The lowest BCUT2D eigenvalue weighted by Crippen LogP contribution is -2.51. The first-order valence-corrected chi connectivity index (χ1v) is 12.9. The first-order chi connectivity index (χ1) is 13.7. The Morgan fingerprint density at radius 1 is 0.931 bits per heavy atom. The topological polar surface area (TPSA) is 17.1 Å². The monoisotopic (exact) mass is 398 g/mol. The van der Waals surface area contributed by atoms with E-state index in [4.69, 9.17) is 0 Å². The molecule has 29 heavy (non-hydrogen) atoms. The zero-order chi connectivity index (χ0) is 21.0. The Kier molecular flexibility index (Phi) is 5.84. The van der Waals surface area contributed by atoms with Gasteiger partial charge in [0.1, 0.15) is 0 Å². The molecule has 0 aromatic rings. The summed E-state index contributed by atoms with van der Waals surface area (Å²) < 4.78 is 0. The van der Waals surface area contributed by atoms with Crippen molar-refractivity contribution >= 4 is 5.78 Å². The fourth-order valence-electron chi connectivity index (χ4n) is 8.59. The van der Waals surface area contributed by atoms with Gasteiger partial charge in [-0.15, -0.1) is 0 Å². The Morgan fingerprint density at radius 3 is 2.41 bits per heavy atom. The summed E-state index contributed by atoms with van der Waals surface area (Å²) in [5.41, 5.74) is 2.42. The second-order valence-electron chi connectivity index (χ2n) is 12.5. The van der Waals surface area contributed by atoms with Gasteiger partial charge in [0.25, 0.3) is 0 Å². The lowest BCUT2D eigenvalue weighted by molar-refractivity contribution is -0.117. The lowest BCUT2D eigenvalue weighted by Gasteiger charge is -2.58. The van der Waals surface area contributed by atoms with Gasteiger partial charge < -0.3 is 0 Å². The Balaban J connectivity index is 1.49. The molecular formula is C28H46O. The van der Waals surface area contributed by atoms with Gasteiger partial charge in [-0.1, -0.05) is 60.0 Å². The predicted molar refractivity (Wildman–Crippen MR) is 123 cm³/mol. The van der Waals surface area contributed by atoms with Crippen LogP contribution < -0.4 is 0 Å². The molecule has 0 aromatic carbocycles. The summed E-state index contributed by atoms with van der Waals surface area (Å²) in [6, 6.07) is 0. The minimum absolute atomic E-state index is 0.328. The third kappa shape index (κ3) is 3.57. The maximum Gasteiger partial charge on any atom is 0.155 e. The van der Waals surface area contributed by atoms with E-state index in [0.717, 1.165) is 54.3 Å². The van der Waals surface area contributed by atoms with E-state index in [2.05, 4.69) is 47.6 Å². The van der Waals surface area contributed by atoms with Crippen molar-refractivity contribution in [1.29, 1.82) is 0 Å². The molecule has 164 valence electrons. The third-order valence-corrected chi connectivity index (χ3v) is 10.9. The third-order valence-electron chi connectivity index (χ3n) is 10.9. The molecule has 8 atom stereocenters. The van der Waals surface area contributed by atoms with Gasteiger partial charge in [-0.05, 0) is 103 Å². The molecule has 0 amide bonds. The first kappa shape index (κ1) is 21.6. The van der Waals surface area contributed by atoms with Crippen LogP contribution in [0.15, 0.2) is 11.6 Å². The molecule has 0 aliphatic heterocycles. The molecule has 0 heterocycles. The second kappa shape index (κ2) is 7.83. The molecule has 1 nitrogen and oxygen atoms in total. The highest BCUT2D eigenvalue weighted by atomic mass is 16.1. The maximum absolute atomic E-state index is 12.0. The molecule has 3 fully saturated rings. The van der Waals surface area contributed by atoms with Crippen molar-refractivity contribution in [3.8, 4) is 0 Å². The highest BCUT2D eigenvalue weighted by molar-refractivity contribution is 5.91. The zero-order valence-electron chi connectivity index (χ0n) is 20.1. The van der Waals surface area contributed by atoms with Crippen LogP contribution in [0, 0.1) is 52.3 Å². The minimum atomic E-state index is 0.328. The molecule has 0 saturated heterocycles. The van der Waals surface area contributed by atoms with Gasteiger partial charge in [0.2, 0.25) is 0 Å². The van der Waals surface area contributed by atoms with Crippen LogP contribution in [0.1, 0.15) is 106 Å². The summed E-state index contributed by atoms with van der Waals surface area (Å²) in [6.07, 6.45) is 15.1. The Hall–Kier alpha value is -0.590. The van der Waals surface area contributed by atoms with Gasteiger partial charge in [-0.3, -0.25) is 4.79 Å². The quantitative estimate of drug-likeness (QED) is 0.461. The maximum atomic E-state index is 12.0. The fraction of sp³-hybridized carbons (Fsp3) is 0.893. The molecule has 4 rings (SSSR count). The normalized spacial score (nSPS) is 44.0. The van der Waals surface area contributed by atoms with Crippen molar-refractivity contribution in [2.24, 2.45) is 52.3 Å². The number of hydrogen-bond acceptors (Lipinski definition) is 1. The van der Waals surface area contributed by atoms with Gasteiger partial charge in [-0.25, -0.2) is 0 Å². The van der Waals surface area contributed by atoms with Gasteiger partial charge in [-0.2, -0.15) is 0 Å². The number of carbonyl (C=O) groups is 1. The van der Waals surface area contributed by atoms with Crippen molar-refractivity contribution in [1.82, 2.24) is 0 Å². The molecule has 3 saturated carbocycles. The Morgan fingerprint density at radius 2 is 1.69 bits per heavy atom. The van der Waals surface area contributed by atoms with Gasteiger partial charge >= 0.3 is 0 Å². The molecule has 4 aliphatic rings. The predicted octanol–water partition coefficient (Wildman–Crippen LogP) is 7.84.